The Labute approximate surface area is 253 Å². The predicted octanol–water partition coefficient (Wildman–Crippen LogP) is 7.44. The summed E-state index contributed by atoms with van der Waals surface area (Å²) in [6, 6.07) is 2.20. The van der Waals surface area contributed by atoms with Gasteiger partial charge < -0.3 is 18.9 Å². The summed E-state index contributed by atoms with van der Waals surface area (Å²) in [5.74, 6) is 1.55. The zero-order valence-electron chi connectivity index (χ0n) is 22.8. The van der Waals surface area contributed by atoms with Crippen molar-refractivity contribution in [1.82, 2.24) is 25.3 Å². The van der Waals surface area contributed by atoms with Gasteiger partial charge in [0.25, 0.3) is 0 Å². The highest BCUT2D eigenvalue weighted by atomic mass is 35.5. The molecule has 4 aliphatic carbocycles. The molecule has 226 valence electrons. The molecule has 4 aromatic heterocycles. The fourth-order valence-corrected chi connectivity index (χ4v) is 6.92. The Balaban J connectivity index is 1.09. The second-order valence-corrected chi connectivity index (χ2v) is 12.5. The Morgan fingerprint density at radius 2 is 1.65 bits per heavy atom. The summed E-state index contributed by atoms with van der Waals surface area (Å²) in [6.45, 7) is -0.344. The molecule has 2 bridgehead atoms. The second-order valence-electron chi connectivity index (χ2n) is 11.7. The van der Waals surface area contributed by atoms with E-state index < -0.39 is 18.5 Å². The van der Waals surface area contributed by atoms with Gasteiger partial charge in [0.2, 0.25) is 11.7 Å². The lowest BCUT2D eigenvalue weighted by Gasteiger charge is -2.51. The van der Waals surface area contributed by atoms with Crippen LogP contribution in [0.2, 0.25) is 10.0 Å². The molecule has 0 aromatic carbocycles. The zero-order valence-corrected chi connectivity index (χ0v) is 24.3. The highest BCUT2D eigenvalue weighted by Crippen LogP contribution is 2.55. The Hall–Kier alpha value is -3.06. The number of rotatable bonds is 8. The molecule has 0 amide bonds. The second kappa shape index (κ2) is 10.5. The summed E-state index contributed by atoms with van der Waals surface area (Å²) in [4.78, 5) is 12.1. The molecule has 43 heavy (non-hydrogen) atoms. The van der Waals surface area contributed by atoms with Crippen LogP contribution in [-0.2, 0) is 29.5 Å². The SMILES string of the molecule is OCc1cc(-c2noc(C34CCC(OCc5c(-c6c(Cl)cncc6Cl)noc5C5CC5)(CC3)CC4)n2)cc(C(F)(F)F)n1. The Bertz CT molecular complexity index is 1640. The van der Waals surface area contributed by atoms with Crippen LogP contribution in [0.1, 0.15) is 85.9 Å². The molecule has 14 heteroatoms. The summed E-state index contributed by atoms with van der Waals surface area (Å²) >= 11 is 12.9. The normalized spacial score (nSPS) is 23.7. The summed E-state index contributed by atoms with van der Waals surface area (Å²) in [5, 5.41) is 18.5. The number of fused-ring (bicyclic) bond motifs is 3. The number of nitrogens with zero attached hydrogens (tertiary/aromatic N) is 5. The van der Waals surface area contributed by atoms with Crippen molar-refractivity contribution in [3.63, 3.8) is 0 Å². The van der Waals surface area contributed by atoms with E-state index in [1.807, 2.05) is 0 Å². The molecule has 0 unspecified atom stereocenters. The molecular weight excluding hydrogens is 610 g/mol. The molecule has 0 aliphatic heterocycles. The van der Waals surface area contributed by atoms with Gasteiger partial charge in [-0.2, -0.15) is 18.2 Å². The highest BCUT2D eigenvalue weighted by Gasteiger charge is 2.53. The van der Waals surface area contributed by atoms with Crippen LogP contribution in [-0.4, -0.2) is 36.0 Å². The number of aliphatic hydroxyl groups excluding tert-OH is 1. The fourth-order valence-electron chi connectivity index (χ4n) is 6.37. The van der Waals surface area contributed by atoms with Crippen molar-refractivity contribution in [1.29, 1.82) is 0 Å². The van der Waals surface area contributed by atoms with E-state index in [9.17, 15) is 18.3 Å². The third-order valence-corrected chi connectivity index (χ3v) is 9.60. The van der Waals surface area contributed by atoms with Gasteiger partial charge in [-0.3, -0.25) is 4.98 Å². The quantitative estimate of drug-likeness (QED) is 0.210. The standard InChI is InChI=1S/C29H26Cl2F3N5O4/c30-19-11-35-12-20(31)22(19)23-18(24(42-38-23)15-1-2-15)14-41-28-6-3-27(4-7-28,5-8-28)26-37-25(39-43-26)16-9-17(13-40)36-21(10-16)29(32,33)34/h9-12,15,40H,1-8,13-14H2. The maximum atomic E-state index is 13.4. The first-order chi connectivity index (χ1) is 20.6. The van der Waals surface area contributed by atoms with Crippen LogP contribution in [0.4, 0.5) is 13.2 Å². The third-order valence-electron chi connectivity index (χ3n) is 9.03. The minimum atomic E-state index is -4.68. The molecule has 4 fully saturated rings. The van der Waals surface area contributed by atoms with Crippen LogP contribution in [0, 0.1) is 0 Å². The lowest BCUT2D eigenvalue weighted by molar-refractivity contribution is -0.141. The van der Waals surface area contributed by atoms with Crippen molar-refractivity contribution >= 4 is 23.2 Å². The van der Waals surface area contributed by atoms with E-state index >= 15 is 0 Å². The smallest absolute Gasteiger partial charge is 0.390 e. The summed E-state index contributed by atoms with van der Waals surface area (Å²) in [5.41, 5.74) is 0.118. The van der Waals surface area contributed by atoms with Gasteiger partial charge in [-0.15, -0.1) is 0 Å². The molecule has 9 nitrogen and oxygen atoms in total. The number of aromatic nitrogens is 5. The lowest BCUT2D eigenvalue weighted by Crippen LogP contribution is -2.49. The number of aliphatic hydroxyl groups is 1. The first kappa shape index (κ1) is 28.7. The Morgan fingerprint density at radius 1 is 0.953 bits per heavy atom. The summed E-state index contributed by atoms with van der Waals surface area (Å²) in [7, 11) is 0. The first-order valence-corrected chi connectivity index (χ1v) is 14.8. The van der Waals surface area contributed by atoms with Crippen molar-refractivity contribution < 1.29 is 32.1 Å². The zero-order chi connectivity index (χ0) is 30.0. The van der Waals surface area contributed by atoms with Crippen molar-refractivity contribution in [2.75, 3.05) is 0 Å². The predicted molar refractivity (Wildman–Crippen MR) is 147 cm³/mol. The van der Waals surface area contributed by atoms with Gasteiger partial charge >= 0.3 is 6.18 Å². The fraction of sp³-hybridized carbons (Fsp3) is 0.483. The van der Waals surface area contributed by atoms with Gasteiger partial charge in [0.05, 0.1) is 40.0 Å². The van der Waals surface area contributed by atoms with E-state index in [4.69, 9.17) is 37.0 Å². The largest absolute Gasteiger partial charge is 0.433 e. The average molecular weight is 636 g/mol. The Morgan fingerprint density at radius 3 is 2.28 bits per heavy atom. The van der Waals surface area contributed by atoms with E-state index in [1.165, 1.54) is 18.5 Å². The molecule has 8 rings (SSSR count). The maximum Gasteiger partial charge on any atom is 0.433 e. The van der Waals surface area contributed by atoms with Crippen LogP contribution in [0.3, 0.4) is 0 Å². The van der Waals surface area contributed by atoms with E-state index in [-0.39, 0.29) is 28.1 Å². The minimum absolute atomic E-state index is 0.0339. The number of ether oxygens (including phenoxy) is 1. The van der Waals surface area contributed by atoms with Gasteiger partial charge in [0.1, 0.15) is 17.1 Å². The van der Waals surface area contributed by atoms with Crippen molar-refractivity contribution in [3.05, 3.63) is 63.2 Å². The van der Waals surface area contributed by atoms with Gasteiger partial charge in [0.15, 0.2) is 0 Å². The van der Waals surface area contributed by atoms with E-state index in [0.717, 1.165) is 68.8 Å². The van der Waals surface area contributed by atoms with Crippen molar-refractivity contribution in [2.24, 2.45) is 0 Å². The monoisotopic (exact) mass is 635 g/mol. The van der Waals surface area contributed by atoms with Crippen LogP contribution in [0.25, 0.3) is 22.6 Å². The third kappa shape index (κ3) is 5.22. The molecule has 0 radical (unpaired) electrons. The lowest BCUT2D eigenvalue weighted by atomic mass is 9.58. The summed E-state index contributed by atoms with van der Waals surface area (Å²) < 4.78 is 58.2. The number of hydrogen-bond acceptors (Lipinski definition) is 9. The van der Waals surface area contributed by atoms with Crippen LogP contribution in [0.15, 0.2) is 33.6 Å². The molecule has 4 aromatic rings. The van der Waals surface area contributed by atoms with Crippen LogP contribution < -0.4 is 0 Å². The number of pyridine rings is 2. The molecule has 0 atom stereocenters. The van der Waals surface area contributed by atoms with E-state index in [0.29, 0.717) is 39.7 Å². The highest BCUT2D eigenvalue weighted by molar-refractivity contribution is 6.38. The molecular formula is C29H26Cl2F3N5O4. The van der Waals surface area contributed by atoms with Gasteiger partial charge in [-0.05, 0) is 63.5 Å². The van der Waals surface area contributed by atoms with Crippen molar-refractivity contribution in [2.45, 2.75) is 87.7 Å². The number of alkyl halides is 3. The molecule has 0 saturated heterocycles. The molecule has 4 saturated carbocycles. The molecule has 0 spiro atoms. The average Bonchev–Trinajstić information content (AvgIpc) is 3.56. The van der Waals surface area contributed by atoms with Gasteiger partial charge in [-0.1, -0.05) is 33.5 Å². The van der Waals surface area contributed by atoms with E-state index in [2.05, 4.69) is 25.3 Å². The minimum Gasteiger partial charge on any atom is -0.390 e. The molecule has 4 aliphatic rings. The molecule has 1 N–H and O–H groups in total. The van der Waals surface area contributed by atoms with Crippen molar-refractivity contribution in [3.8, 4) is 22.6 Å². The van der Waals surface area contributed by atoms with Gasteiger partial charge in [0, 0.05) is 35.0 Å². The maximum absolute atomic E-state index is 13.4. The Kier molecular flexibility index (Phi) is 7.03. The topological polar surface area (TPSA) is 120 Å². The first-order valence-electron chi connectivity index (χ1n) is 14.1. The summed E-state index contributed by atoms with van der Waals surface area (Å²) in [6.07, 6.45) is 4.88. The molecule has 4 heterocycles. The van der Waals surface area contributed by atoms with E-state index in [1.54, 1.807) is 0 Å². The number of halogens is 5. The van der Waals surface area contributed by atoms with Gasteiger partial charge in [-0.25, -0.2) is 4.98 Å². The van der Waals surface area contributed by atoms with Crippen LogP contribution >= 0.6 is 23.2 Å². The number of hydrogen-bond donors (Lipinski definition) is 1. The van der Waals surface area contributed by atoms with Crippen LogP contribution in [0.5, 0.6) is 0 Å².